The molecule has 1 atom stereocenters. The van der Waals surface area contributed by atoms with E-state index < -0.39 is 0 Å². The molecule has 7 heteroatoms. The van der Waals surface area contributed by atoms with Crippen LogP contribution in [0.2, 0.25) is 0 Å². The Balaban J connectivity index is 1.26. The van der Waals surface area contributed by atoms with Gasteiger partial charge in [0.05, 0.1) is 6.54 Å². The lowest BCUT2D eigenvalue weighted by Crippen LogP contribution is -2.35. The van der Waals surface area contributed by atoms with Gasteiger partial charge in [-0.25, -0.2) is 0 Å². The Labute approximate surface area is 141 Å². The van der Waals surface area contributed by atoms with Crippen LogP contribution in [0.3, 0.4) is 0 Å². The highest BCUT2D eigenvalue weighted by molar-refractivity contribution is 5.09. The Morgan fingerprint density at radius 1 is 1.04 bits per heavy atom. The zero-order valence-corrected chi connectivity index (χ0v) is 14.2. The van der Waals surface area contributed by atoms with Gasteiger partial charge in [-0.2, -0.15) is 4.98 Å². The smallest absolute Gasteiger partial charge is 0.229 e. The molecule has 7 nitrogen and oxygen atoms in total. The van der Waals surface area contributed by atoms with E-state index in [9.17, 15) is 0 Å². The minimum absolute atomic E-state index is 0.381. The summed E-state index contributed by atoms with van der Waals surface area (Å²) in [7, 11) is 2.10. The van der Waals surface area contributed by atoms with Gasteiger partial charge in [0.25, 0.3) is 0 Å². The average Bonchev–Trinajstić information content (AvgIpc) is 3.53. The summed E-state index contributed by atoms with van der Waals surface area (Å²) in [6.07, 6.45) is 7.25. The van der Waals surface area contributed by atoms with Crippen LogP contribution >= 0.6 is 0 Å². The van der Waals surface area contributed by atoms with E-state index in [0.29, 0.717) is 17.8 Å². The highest BCUT2D eigenvalue weighted by Crippen LogP contribution is 2.40. The molecule has 2 saturated carbocycles. The highest BCUT2D eigenvalue weighted by Gasteiger charge is 2.33. The van der Waals surface area contributed by atoms with Crippen molar-refractivity contribution >= 4 is 0 Å². The van der Waals surface area contributed by atoms with E-state index >= 15 is 0 Å². The van der Waals surface area contributed by atoms with Gasteiger partial charge >= 0.3 is 0 Å². The van der Waals surface area contributed by atoms with Crippen molar-refractivity contribution in [3.63, 3.8) is 0 Å². The quantitative estimate of drug-likeness (QED) is 0.839. The van der Waals surface area contributed by atoms with Crippen molar-refractivity contribution in [3.8, 4) is 0 Å². The van der Waals surface area contributed by atoms with Gasteiger partial charge in [0.1, 0.15) is 11.6 Å². The monoisotopic (exact) mass is 328 g/mol. The molecule has 0 aromatic carbocycles. The van der Waals surface area contributed by atoms with E-state index in [2.05, 4.69) is 36.9 Å². The fourth-order valence-corrected chi connectivity index (χ4v) is 3.73. The molecule has 24 heavy (non-hydrogen) atoms. The number of likely N-dealkylation sites (tertiary alicyclic amines) is 1. The fourth-order valence-electron chi connectivity index (χ4n) is 3.73. The van der Waals surface area contributed by atoms with Crippen LogP contribution in [-0.4, -0.2) is 42.9 Å². The van der Waals surface area contributed by atoms with Gasteiger partial charge in [0, 0.05) is 31.3 Å². The molecule has 3 fully saturated rings. The molecule has 0 N–H and O–H groups in total. The summed E-state index contributed by atoms with van der Waals surface area (Å²) in [5.41, 5.74) is 0. The Kier molecular flexibility index (Phi) is 3.43. The fraction of sp³-hybridized carbons (Fsp3) is 0.765. The summed E-state index contributed by atoms with van der Waals surface area (Å²) in [5, 5.41) is 13.1. The predicted octanol–water partition coefficient (Wildman–Crippen LogP) is 2.33. The zero-order chi connectivity index (χ0) is 16.1. The third-order valence-corrected chi connectivity index (χ3v) is 5.56. The third-order valence-electron chi connectivity index (χ3n) is 5.56. The molecule has 0 spiro atoms. The zero-order valence-electron chi connectivity index (χ0n) is 14.2. The molecule has 2 aromatic rings. The van der Waals surface area contributed by atoms with Crippen molar-refractivity contribution in [3.05, 3.63) is 23.4 Å². The predicted molar refractivity (Wildman–Crippen MR) is 86.5 cm³/mol. The first-order chi connectivity index (χ1) is 11.8. The van der Waals surface area contributed by atoms with Gasteiger partial charge < -0.3 is 9.09 Å². The van der Waals surface area contributed by atoms with Crippen molar-refractivity contribution in [1.29, 1.82) is 0 Å². The standard InChI is InChI=1S/C17H24N6O/c1-22-14(19-20-16(22)11-4-5-11)10-23-8-2-3-13(9-23)15-18-17(24-21-15)12-6-7-12/h11-13H,2-10H2,1H3/t13-/m0/s1. The first-order valence-electron chi connectivity index (χ1n) is 9.22. The molecule has 1 aliphatic heterocycles. The van der Waals surface area contributed by atoms with Gasteiger partial charge in [0.2, 0.25) is 5.89 Å². The van der Waals surface area contributed by atoms with Crippen LogP contribution in [0.4, 0.5) is 0 Å². The van der Waals surface area contributed by atoms with Crippen LogP contribution in [-0.2, 0) is 13.6 Å². The molecule has 0 radical (unpaired) electrons. The molecule has 0 bridgehead atoms. The summed E-state index contributed by atoms with van der Waals surface area (Å²) >= 11 is 0. The van der Waals surface area contributed by atoms with Gasteiger partial charge in [-0.05, 0) is 45.1 Å². The number of hydrogen-bond acceptors (Lipinski definition) is 6. The molecular weight excluding hydrogens is 304 g/mol. The maximum atomic E-state index is 5.44. The maximum Gasteiger partial charge on any atom is 0.229 e. The number of aromatic nitrogens is 5. The Bertz CT molecular complexity index is 729. The van der Waals surface area contributed by atoms with Crippen molar-refractivity contribution in [2.75, 3.05) is 13.1 Å². The molecule has 3 aliphatic rings. The molecule has 1 saturated heterocycles. The number of piperidine rings is 1. The second kappa shape index (κ2) is 5.65. The summed E-state index contributed by atoms with van der Waals surface area (Å²) in [5.74, 6) is 5.54. The SMILES string of the molecule is Cn1c(CN2CCC[C@H](c3noc(C4CC4)n3)C2)nnc1C1CC1. The molecule has 128 valence electrons. The number of hydrogen-bond donors (Lipinski definition) is 0. The molecule has 3 heterocycles. The summed E-state index contributed by atoms with van der Waals surface area (Å²) in [4.78, 5) is 7.11. The van der Waals surface area contributed by atoms with Crippen LogP contribution in [0.25, 0.3) is 0 Å². The topological polar surface area (TPSA) is 72.9 Å². The van der Waals surface area contributed by atoms with Crippen LogP contribution in [0.15, 0.2) is 4.52 Å². The summed E-state index contributed by atoms with van der Waals surface area (Å²) < 4.78 is 7.64. The first-order valence-corrected chi connectivity index (χ1v) is 9.22. The molecule has 2 aromatic heterocycles. The van der Waals surface area contributed by atoms with Crippen LogP contribution in [0.5, 0.6) is 0 Å². The lowest BCUT2D eigenvalue weighted by molar-refractivity contribution is 0.188. The van der Waals surface area contributed by atoms with E-state index in [4.69, 9.17) is 4.52 Å². The van der Waals surface area contributed by atoms with E-state index in [1.807, 2.05) is 0 Å². The lowest BCUT2D eigenvalue weighted by atomic mass is 9.97. The molecule has 0 amide bonds. The van der Waals surface area contributed by atoms with Gasteiger partial charge in [-0.15, -0.1) is 10.2 Å². The van der Waals surface area contributed by atoms with Crippen LogP contribution < -0.4 is 0 Å². The Morgan fingerprint density at radius 2 is 1.88 bits per heavy atom. The largest absolute Gasteiger partial charge is 0.339 e. The van der Waals surface area contributed by atoms with E-state index in [-0.39, 0.29) is 0 Å². The van der Waals surface area contributed by atoms with E-state index in [1.54, 1.807) is 0 Å². The minimum Gasteiger partial charge on any atom is -0.339 e. The molecule has 5 rings (SSSR count). The van der Waals surface area contributed by atoms with Crippen molar-refractivity contribution < 1.29 is 4.52 Å². The second-order valence-corrected chi connectivity index (χ2v) is 7.65. The minimum atomic E-state index is 0.381. The van der Waals surface area contributed by atoms with Crippen molar-refractivity contribution in [2.24, 2.45) is 7.05 Å². The van der Waals surface area contributed by atoms with Crippen LogP contribution in [0.1, 0.15) is 79.6 Å². The second-order valence-electron chi connectivity index (χ2n) is 7.65. The Morgan fingerprint density at radius 3 is 2.67 bits per heavy atom. The molecule has 0 unspecified atom stereocenters. The average molecular weight is 328 g/mol. The summed E-state index contributed by atoms with van der Waals surface area (Å²) in [6.45, 7) is 2.95. The molecular formula is C17H24N6O. The van der Waals surface area contributed by atoms with E-state index in [0.717, 1.165) is 49.4 Å². The van der Waals surface area contributed by atoms with Crippen molar-refractivity contribution in [1.82, 2.24) is 29.8 Å². The van der Waals surface area contributed by atoms with Crippen molar-refractivity contribution in [2.45, 2.75) is 62.8 Å². The maximum absolute atomic E-state index is 5.44. The first kappa shape index (κ1) is 14.6. The number of nitrogens with zero attached hydrogens (tertiary/aromatic N) is 6. The highest BCUT2D eigenvalue weighted by atomic mass is 16.5. The van der Waals surface area contributed by atoms with Crippen LogP contribution in [0, 0.1) is 0 Å². The van der Waals surface area contributed by atoms with Gasteiger partial charge in [0.15, 0.2) is 5.82 Å². The van der Waals surface area contributed by atoms with Gasteiger partial charge in [-0.3, -0.25) is 4.90 Å². The van der Waals surface area contributed by atoms with E-state index in [1.165, 1.54) is 32.1 Å². The molecule has 2 aliphatic carbocycles. The normalized spacial score (nSPS) is 25.3. The van der Waals surface area contributed by atoms with Gasteiger partial charge in [-0.1, -0.05) is 5.16 Å². The Hall–Kier alpha value is -1.76. The summed E-state index contributed by atoms with van der Waals surface area (Å²) in [6, 6.07) is 0. The lowest BCUT2D eigenvalue weighted by Gasteiger charge is -2.30. The number of rotatable bonds is 5. The third kappa shape index (κ3) is 2.75.